The number of rotatable bonds is 8. The molecule has 2 aliphatic rings. The van der Waals surface area contributed by atoms with Crippen molar-refractivity contribution in [2.24, 2.45) is 11.8 Å². The Hall–Kier alpha value is -2.20. The molecule has 0 unspecified atom stereocenters. The van der Waals surface area contributed by atoms with Gasteiger partial charge in [-0.15, -0.1) is 0 Å². The number of hydrogen-bond donors (Lipinski definition) is 0. The number of carbonyl (C=O) groups is 1. The predicted octanol–water partition coefficient (Wildman–Crippen LogP) is 5.19. The normalized spacial score (nSPS) is 16.1. The number of halogens is 1. The van der Waals surface area contributed by atoms with E-state index < -0.39 is 0 Å². The molecule has 0 aromatic heterocycles. The zero-order chi connectivity index (χ0) is 19.7. The molecule has 4 rings (SSSR count). The van der Waals surface area contributed by atoms with Gasteiger partial charge in [0.2, 0.25) is 0 Å². The lowest BCUT2D eigenvalue weighted by atomic mass is 10.0. The van der Waals surface area contributed by atoms with Crippen molar-refractivity contribution in [1.29, 1.82) is 0 Å². The first-order valence-corrected chi connectivity index (χ1v) is 10.3. The van der Waals surface area contributed by atoms with Gasteiger partial charge in [-0.2, -0.15) is 0 Å². The number of benzene rings is 2. The summed E-state index contributed by atoms with van der Waals surface area (Å²) in [7, 11) is 3.53. The Balaban J connectivity index is 1.48. The molecule has 2 aromatic carbocycles. The molecular formula is C23H26ClNO3. The summed E-state index contributed by atoms with van der Waals surface area (Å²) in [4.78, 5) is 15.0. The van der Waals surface area contributed by atoms with E-state index in [0.29, 0.717) is 46.6 Å². The number of carbonyl (C=O) groups excluding carboxylic acids is 1. The smallest absolute Gasteiger partial charge is 0.254 e. The van der Waals surface area contributed by atoms with Crippen molar-refractivity contribution in [3.8, 4) is 11.5 Å². The summed E-state index contributed by atoms with van der Waals surface area (Å²) in [5.41, 5.74) is 1.54. The molecule has 0 bridgehead atoms. The molecule has 1 amide bonds. The van der Waals surface area contributed by atoms with E-state index in [4.69, 9.17) is 21.1 Å². The van der Waals surface area contributed by atoms with Gasteiger partial charge in [0, 0.05) is 29.2 Å². The van der Waals surface area contributed by atoms with E-state index in [1.807, 2.05) is 42.3 Å². The Morgan fingerprint density at radius 3 is 2.39 bits per heavy atom. The molecule has 0 aliphatic heterocycles. The van der Waals surface area contributed by atoms with Gasteiger partial charge in [0.15, 0.2) is 11.5 Å². The zero-order valence-corrected chi connectivity index (χ0v) is 17.1. The maximum atomic E-state index is 13.1. The van der Waals surface area contributed by atoms with Crippen LogP contribution in [0.1, 0.15) is 41.6 Å². The molecule has 4 nitrogen and oxygen atoms in total. The molecule has 148 valence electrons. The Morgan fingerprint density at radius 2 is 1.79 bits per heavy atom. The fourth-order valence-corrected chi connectivity index (χ4v) is 4.11. The molecule has 2 aromatic rings. The summed E-state index contributed by atoms with van der Waals surface area (Å²) in [5, 5.41) is 0.668. The van der Waals surface area contributed by atoms with E-state index in [0.717, 1.165) is 5.56 Å². The van der Waals surface area contributed by atoms with Crippen LogP contribution in [-0.2, 0) is 6.61 Å². The monoisotopic (exact) mass is 399 g/mol. The Labute approximate surface area is 171 Å². The van der Waals surface area contributed by atoms with Crippen LogP contribution >= 0.6 is 11.6 Å². The average Bonchev–Trinajstić information content (AvgIpc) is 3.62. The third-order valence-electron chi connectivity index (χ3n) is 5.73. The van der Waals surface area contributed by atoms with Crippen LogP contribution in [0.4, 0.5) is 0 Å². The van der Waals surface area contributed by atoms with Gasteiger partial charge in [-0.25, -0.2) is 0 Å². The molecule has 2 saturated carbocycles. The second kappa shape index (κ2) is 8.04. The molecule has 0 radical (unpaired) electrons. The van der Waals surface area contributed by atoms with Crippen LogP contribution < -0.4 is 9.47 Å². The average molecular weight is 400 g/mol. The minimum absolute atomic E-state index is 0.0553. The van der Waals surface area contributed by atoms with Gasteiger partial charge in [0.05, 0.1) is 7.11 Å². The second-order valence-corrected chi connectivity index (χ2v) is 8.23. The SMILES string of the molecule is COc1cc(C(=O)N(C)C(C2CC2)C2CC2)ccc1OCc1ccccc1Cl. The van der Waals surface area contributed by atoms with Crippen molar-refractivity contribution in [3.05, 3.63) is 58.6 Å². The molecule has 0 heterocycles. The van der Waals surface area contributed by atoms with Gasteiger partial charge in [0.1, 0.15) is 6.61 Å². The number of ether oxygens (including phenoxy) is 2. The van der Waals surface area contributed by atoms with Crippen LogP contribution in [0.25, 0.3) is 0 Å². The first-order chi connectivity index (χ1) is 13.6. The number of amides is 1. The van der Waals surface area contributed by atoms with E-state index in [2.05, 4.69) is 0 Å². The summed E-state index contributed by atoms with van der Waals surface area (Å²) in [6.45, 7) is 0.342. The van der Waals surface area contributed by atoms with Crippen LogP contribution in [0.2, 0.25) is 5.02 Å². The van der Waals surface area contributed by atoms with Crippen molar-refractivity contribution in [2.75, 3.05) is 14.2 Å². The van der Waals surface area contributed by atoms with Gasteiger partial charge in [0.25, 0.3) is 5.91 Å². The van der Waals surface area contributed by atoms with Gasteiger partial charge >= 0.3 is 0 Å². The highest BCUT2D eigenvalue weighted by Crippen LogP contribution is 2.47. The molecule has 28 heavy (non-hydrogen) atoms. The minimum Gasteiger partial charge on any atom is -0.493 e. The Kier molecular flexibility index (Phi) is 5.49. The number of hydrogen-bond acceptors (Lipinski definition) is 3. The number of methoxy groups -OCH3 is 1. The Morgan fingerprint density at radius 1 is 1.11 bits per heavy atom. The van der Waals surface area contributed by atoms with Crippen LogP contribution in [0.3, 0.4) is 0 Å². The third kappa shape index (κ3) is 4.12. The van der Waals surface area contributed by atoms with Gasteiger partial charge in [-0.1, -0.05) is 29.8 Å². The lowest BCUT2D eigenvalue weighted by molar-refractivity contribution is 0.0689. The third-order valence-corrected chi connectivity index (χ3v) is 6.10. The molecule has 0 N–H and O–H groups in total. The lowest BCUT2D eigenvalue weighted by Gasteiger charge is -2.28. The summed E-state index contributed by atoms with van der Waals surface area (Å²) < 4.78 is 11.4. The molecule has 0 spiro atoms. The van der Waals surface area contributed by atoms with Crippen LogP contribution in [0.15, 0.2) is 42.5 Å². The highest BCUT2D eigenvalue weighted by molar-refractivity contribution is 6.31. The standard InChI is InChI=1S/C23H26ClNO3/c1-25(22(15-7-8-15)16-9-10-16)23(26)17-11-12-20(21(13-17)27-2)28-14-18-5-3-4-6-19(18)24/h3-6,11-13,15-16,22H,7-10,14H2,1-2H3. The lowest BCUT2D eigenvalue weighted by Crippen LogP contribution is -2.40. The van der Waals surface area contributed by atoms with E-state index in [9.17, 15) is 4.79 Å². The fraction of sp³-hybridized carbons (Fsp3) is 0.435. The molecule has 2 aliphatic carbocycles. The van der Waals surface area contributed by atoms with Crippen molar-refractivity contribution < 1.29 is 14.3 Å². The zero-order valence-electron chi connectivity index (χ0n) is 16.4. The van der Waals surface area contributed by atoms with Crippen molar-refractivity contribution in [2.45, 2.75) is 38.3 Å². The first-order valence-electron chi connectivity index (χ1n) is 9.90. The largest absolute Gasteiger partial charge is 0.493 e. The van der Waals surface area contributed by atoms with Gasteiger partial charge in [-0.05, 0) is 61.8 Å². The predicted molar refractivity (Wildman–Crippen MR) is 110 cm³/mol. The second-order valence-electron chi connectivity index (χ2n) is 7.83. The maximum absolute atomic E-state index is 13.1. The molecule has 5 heteroatoms. The summed E-state index contributed by atoms with van der Waals surface area (Å²) >= 11 is 6.20. The van der Waals surface area contributed by atoms with Crippen LogP contribution in [0, 0.1) is 11.8 Å². The summed E-state index contributed by atoms with van der Waals surface area (Å²) in [6, 6.07) is 13.4. The fourth-order valence-electron chi connectivity index (χ4n) is 3.92. The maximum Gasteiger partial charge on any atom is 0.254 e. The van der Waals surface area contributed by atoms with E-state index in [-0.39, 0.29) is 5.91 Å². The van der Waals surface area contributed by atoms with E-state index in [1.54, 1.807) is 19.2 Å². The Bertz CT molecular complexity index is 849. The molecular weight excluding hydrogens is 374 g/mol. The van der Waals surface area contributed by atoms with Crippen molar-refractivity contribution in [1.82, 2.24) is 4.90 Å². The highest BCUT2D eigenvalue weighted by atomic mass is 35.5. The quantitative estimate of drug-likeness (QED) is 0.613. The van der Waals surface area contributed by atoms with E-state index >= 15 is 0 Å². The molecule has 0 atom stereocenters. The summed E-state index contributed by atoms with van der Waals surface area (Å²) in [5.74, 6) is 2.58. The van der Waals surface area contributed by atoms with Crippen molar-refractivity contribution >= 4 is 17.5 Å². The molecule has 0 saturated heterocycles. The minimum atomic E-state index is 0.0553. The van der Waals surface area contributed by atoms with Gasteiger partial charge in [-0.3, -0.25) is 4.79 Å². The molecule has 2 fully saturated rings. The van der Waals surface area contributed by atoms with Gasteiger partial charge < -0.3 is 14.4 Å². The van der Waals surface area contributed by atoms with Crippen molar-refractivity contribution in [3.63, 3.8) is 0 Å². The topological polar surface area (TPSA) is 38.8 Å². The van der Waals surface area contributed by atoms with Crippen LogP contribution in [-0.4, -0.2) is 31.0 Å². The van der Waals surface area contributed by atoms with Crippen LogP contribution in [0.5, 0.6) is 11.5 Å². The highest BCUT2D eigenvalue weighted by Gasteiger charge is 2.45. The summed E-state index contributed by atoms with van der Waals surface area (Å²) in [6.07, 6.45) is 4.99. The first kappa shape index (κ1) is 19.1. The van der Waals surface area contributed by atoms with E-state index in [1.165, 1.54) is 25.7 Å². The number of nitrogens with zero attached hydrogens (tertiary/aromatic N) is 1.